The molecule has 0 aromatic carbocycles. The molecule has 0 aliphatic rings. The quantitative estimate of drug-likeness (QED) is 0.733. The molecule has 0 aliphatic heterocycles. The number of fused-ring (bicyclic) bond motifs is 1. The first-order valence-corrected chi connectivity index (χ1v) is 6.30. The molecule has 0 fully saturated rings. The van der Waals surface area contributed by atoms with Gasteiger partial charge in [-0.1, -0.05) is 0 Å². The summed E-state index contributed by atoms with van der Waals surface area (Å²) in [5, 5.41) is 0. The lowest BCUT2D eigenvalue weighted by atomic mass is 10.2. The van der Waals surface area contributed by atoms with Crippen LogP contribution in [0.5, 0.6) is 0 Å². The van der Waals surface area contributed by atoms with Crippen LogP contribution in [0.3, 0.4) is 0 Å². The Morgan fingerprint density at radius 1 is 1.25 bits per heavy atom. The molecule has 0 saturated heterocycles. The summed E-state index contributed by atoms with van der Waals surface area (Å²) in [4.78, 5) is 21.6. The lowest BCUT2D eigenvalue weighted by Gasteiger charge is -2.18. The maximum Gasteiger partial charge on any atom is 0.224 e. The van der Waals surface area contributed by atoms with E-state index in [4.69, 9.17) is 5.73 Å². The molecular formula is C13H15N7. The Kier molecular flexibility index (Phi) is 3.16. The molecular weight excluding hydrogens is 254 g/mol. The molecule has 0 bridgehead atoms. The zero-order valence-electron chi connectivity index (χ0n) is 11.1. The number of imidazole rings is 1. The van der Waals surface area contributed by atoms with Gasteiger partial charge in [0.05, 0.1) is 6.33 Å². The van der Waals surface area contributed by atoms with E-state index >= 15 is 0 Å². The fourth-order valence-electron chi connectivity index (χ4n) is 2.06. The van der Waals surface area contributed by atoms with Crippen LogP contribution in [0.15, 0.2) is 30.9 Å². The lowest BCUT2D eigenvalue weighted by Crippen LogP contribution is -2.22. The van der Waals surface area contributed by atoms with Gasteiger partial charge in [0.15, 0.2) is 11.5 Å². The first kappa shape index (κ1) is 12.3. The number of anilines is 2. The summed E-state index contributed by atoms with van der Waals surface area (Å²) >= 11 is 0. The number of nitrogens with one attached hydrogen (secondary N) is 1. The van der Waals surface area contributed by atoms with Crippen molar-refractivity contribution in [2.45, 2.75) is 6.42 Å². The normalized spacial score (nSPS) is 10.8. The van der Waals surface area contributed by atoms with Gasteiger partial charge in [-0.15, -0.1) is 0 Å². The fourth-order valence-corrected chi connectivity index (χ4v) is 2.06. The third-order valence-electron chi connectivity index (χ3n) is 3.13. The lowest BCUT2D eigenvalue weighted by molar-refractivity contribution is 0.860. The third kappa shape index (κ3) is 2.37. The molecule has 0 amide bonds. The highest BCUT2D eigenvalue weighted by atomic mass is 15.2. The van der Waals surface area contributed by atoms with Crippen molar-refractivity contribution in [2.24, 2.45) is 0 Å². The highest BCUT2D eigenvalue weighted by Gasteiger charge is 2.12. The molecule has 0 unspecified atom stereocenters. The largest absolute Gasteiger partial charge is 0.368 e. The van der Waals surface area contributed by atoms with Crippen molar-refractivity contribution in [3.05, 3.63) is 36.4 Å². The van der Waals surface area contributed by atoms with E-state index in [1.807, 2.05) is 24.1 Å². The average molecular weight is 269 g/mol. The number of H-pyrrole nitrogens is 1. The number of aromatic nitrogens is 5. The summed E-state index contributed by atoms with van der Waals surface area (Å²) in [6, 6.07) is 4.02. The number of hydrogen-bond acceptors (Lipinski definition) is 6. The third-order valence-corrected chi connectivity index (χ3v) is 3.13. The topological polar surface area (TPSA) is 96.6 Å². The molecule has 0 atom stereocenters. The number of nitrogens with zero attached hydrogens (tertiary/aromatic N) is 5. The first-order chi connectivity index (χ1) is 9.74. The van der Waals surface area contributed by atoms with Crippen molar-refractivity contribution >= 4 is 22.9 Å². The predicted octanol–water partition coefficient (Wildman–Crippen LogP) is 1.01. The molecule has 0 saturated carbocycles. The van der Waals surface area contributed by atoms with Gasteiger partial charge in [-0.3, -0.25) is 4.98 Å². The van der Waals surface area contributed by atoms with E-state index in [0.29, 0.717) is 5.65 Å². The van der Waals surface area contributed by atoms with E-state index in [1.165, 1.54) is 5.56 Å². The smallest absolute Gasteiger partial charge is 0.224 e. The monoisotopic (exact) mass is 269 g/mol. The van der Waals surface area contributed by atoms with Crippen molar-refractivity contribution in [3.8, 4) is 0 Å². The van der Waals surface area contributed by atoms with Crippen LogP contribution in [0.25, 0.3) is 11.2 Å². The van der Waals surface area contributed by atoms with Crippen LogP contribution in [-0.2, 0) is 6.42 Å². The Morgan fingerprint density at radius 2 is 2.05 bits per heavy atom. The molecule has 7 nitrogen and oxygen atoms in total. The van der Waals surface area contributed by atoms with E-state index in [-0.39, 0.29) is 5.95 Å². The summed E-state index contributed by atoms with van der Waals surface area (Å²) in [5.74, 6) is 0.995. The second-order valence-corrected chi connectivity index (χ2v) is 4.53. The molecule has 0 aliphatic carbocycles. The van der Waals surface area contributed by atoms with E-state index in [0.717, 1.165) is 24.3 Å². The molecule has 20 heavy (non-hydrogen) atoms. The highest BCUT2D eigenvalue weighted by Crippen LogP contribution is 2.20. The van der Waals surface area contributed by atoms with E-state index in [1.54, 1.807) is 18.7 Å². The molecule has 0 spiro atoms. The van der Waals surface area contributed by atoms with Crippen molar-refractivity contribution in [2.75, 3.05) is 24.2 Å². The Labute approximate surface area is 115 Å². The van der Waals surface area contributed by atoms with Gasteiger partial charge in [-0.05, 0) is 24.1 Å². The van der Waals surface area contributed by atoms with Crippen LogP contribution in [0, 0.1) is 0 Å². The molecule has 3 N–H and O–H groups in total. The van der Waals surface area contributed by atoms with Gasteiger partial charge in [-0.2, -0.15) is 9.97 Å². The fraction of sp³-hybridized carbons (Fsp3) is 0.231. The summed E-state index contributed by atoms with van der Waals surface area (Å²) in [5.41, 5.74) is 8.34. The van der Waals surface area contributed by atoms with Gasteiger partial charge in [0, 0.05) is 26.0 Å². The van der Waals surface area contributed by atoms with E-state index < -0.39 is 0 Å². The van der Waals surface area contributed by atoms with Crippen LogP contribution in [0.2, 0.25) is 0 Å². The summed E-state index contributed by atoms with van der Waals surface area (Å²) < 4.78 is 0. The minimum Gasteiger partial charge on any atom is -0.368 e. The average Bonchev–Trinajstić information content (AvgIpc) is 2.93. The number of nitrogen functional groups attached to an aromatic ring is 1. The number of pyridine rings is 1. The second-order valence-electron chi connectivity index (χ2n) is 4.53. The number of aromatic amines is 1. The number of hydrogen-bond donors (Lipinski definition) is 2. The zero-order valence-corrected chi connectivity index (χ0v) is 11.1. The van der Waals surface area contributed by atoms with Crippen LogP contribution in [0.4, 0.5) is 11.8 Å². The Hall–Kier alpha value is -2.70. The van der Waals surface area contributed by atoms with Crippen LogP contribution in [0.1, 0.15) is 5.56 Å². The molecule has 7 heteroatoms. The van der Waals surface area contributed by atoms with Gasteiger partial charge in [0.25, 0.3) is 0 Å². The Balaban J connectivity index is 1.82. The van der Waals surface area contributed by atoms with Crippen molar-refractivity contribution in [3.63, 3.8) is 0 Å². The maximum absolute atomic E-state index is 5.72. The standard InChI is InChI=1S/C13H15N7/c1-20(7-4-9-2-5-15-6-3-9)12-10-11(17-8-16-10)18-13(14)19-12/h2-3,5-6,8H,4,7H2,1H3,(H3,14,16,17,18,19). The van der Waals surface area contributed by atoms with Crippen LogP contribution in [-0.4, -0.2) is 38.5 Å². The minimum absolute atomic E-state index is 0.232. The SMILES string of the molecule is CN(CCc1ccncc1)c1nc(N)nc2nc[nH]c12. The molecule has 0 radical (unpaired) electrons. The minimum atomic E-state index is 0.232. The van der Waals surface area contributed by atoms with Crippen molar-refractivity contribution < 1.29 is 0 Å². The van der Waals surface area contributed by atoms with Gasteiger partial charge in [0.1, 0.15) is 5.52 Å². The first-order valence-electron chi connectivity index (χ1n) is 6.30. The van der Waals surface area contributed by atoms with Gasteiger partial charge in [-0.25, -0.2) is 4.98 Å². The highest BCUT2D eigenvalue weighted by molar-refractivity contribution is 5.83. The number of likely N-dealkylation sites (N-methyl/N-ethyl adjacent to an activating group) is 1. The van der Waals surface area contributed by atoms with Gasteiger partial charge >= 0.3 is 0 Å². The summed E-state index contributed by atoms with van der Waals surface area (Å²) in [7, 11) is 1.98. The molecule has 3 heterocycles. The van der Waals surface area contributed by atoms with E-state index in [9.17, 15) is 0 Å². The molecule has 3 aromatic heterocycles. The summed E-state index contributed by atoms with van der Waals surface area (Å²) in [6.07, 6.45) is 6.09. The van der Waals surface area contributed by atoms with Crippen molar-refractivity contribution in [1.82, 2.24) is 24.9 Å². The Bertz CT molecular complexity index is 707. The molecule has 3 rings (SSSR count). The maximum atomic E-state index is 5.72. The van der Waals surface area contributed by atoms with Crippen LogP contribution < -0.4 is 10.6 Å². The van der Waals surface area contributed by atoms with Crippen molar-refractivity contribution in [1.29, 1.82) is 0 Å². The molecule has 102 valence electrons. The number of rotatable bonds is 4. The Morgan fingerprint density at radius 3 is 2.85 bits per heavy atom. The number of nitrogens with two attached hydrogens (primary N) is 1. The second kappa shape index (κ2) is 5.12. The van der Waals surface area contributed by atoms with Gasteiger partial charge in [0.2, 0.25) is 5.95 Å². The zero-order chi connectivity index (χ0) is 13.9. The van der Waals surface area contributed by atoms with Gasteiger partial charge < -0.3 is 15.6 Å². The van der Waals surface area contributed by atoms with E-state index in [2.05, 4.69) is 24.9 Å². The van der Waals surface area contributed by atoms with Crippen LogP contribution >= 0.6 is 0 Å². The summed E-state index contributed by atoms with van der Waals surface area (Å²) in [6.45, 7) is 0.814. The predicted molar refractivity (Wildman–Crippen MR) is 77.3 cm³/mol. The molecule has 3 aromatic rings.